The predicted octanol–water partition coefficient (Wildman–Crippen LogP) is 7.35. The molecule has 3 N–H and O–H groups in total. The third kappa shape index (κ3) is 5.64. The molecule has 0 fully saturated rings. The van der Waals surface area contributed by atoms with E-state index in [-0.39, 0.29) is 39.9 Å². The van der Waals surface area contributed by atoms with Crippen molar-refractivity contribution in [3.63, 3.8) is 0 Å². The molecular weight excluding hydrogens is 604 g/mol. The van der Waals surface area contributed by atoms with E-state index in [2.05, 4.69) is 5.32 Å². The normalized spacial score (nSPS) is 11.9. The first-order valence-corrected chi connectivity index (χ1v) is 11.6. The monoisotopic (exact) mass is 616 g/mol. The van der Waals surface area contributed by atoms with E-state index in [9.17, 15) is 50.8 Å². The molecule has 0 aliphatic carbocycles. The van der Waals surface area contributed by atoms with E-state index >= 15 is 0 Å². The SMILES string of the molecule is Cc1ccc(-c2cc(C(=O)Nc3c(Cl)cc(C(F)(C(F)(F)F)C(F)(F)F)cc3Cl)c(C#N)cc2C#N)cc1C(N)=O. The number of nitrogens with one attached hydrogen (secondary N) is 1. The van der Waals surface area contributed by atoms with Crippen LogP contribution in [0.1, 0.15) is 43.0 Å². The molecule has 212 valence electrons. The summed E-state index contributed by atoms with van der Waals surface area (Å²) in [7, 11) is 0. The molecule has 0 aromatic heterocycles. The Morgan fingerprint density at radius 2 is 1.37 bits per heavy atom. The summed E-state index contributed by atoms with van der Waals surface area (Å²) in [6.07, 6.45) is -12.9. The Balaban J connectivity index is 2.14. The third-order valence-corrected chi connectivity index (χ3v) is 6.51. The fourth-order valence-electron chi connectivity index (χ4n) is 3.83. The smallest absolute Gasteiger partial charge is 0.366 e. The van der Waals surface area contributed by atoms with Crippen LogP contribution in [0, 0.1) is 29.6 Å². The fraction of sp³-hybridized carbons (Fsp3) is 0.154. The molecule has 41 heavy (non-hydrogen) atoms. The Kier molecular flexibility index (Phi) is 8.31. The van der Waals surface area contributed by atoms with E-state index in [4.69, 9.17) is 28.9 Å². The number of rotatable bonds is 5. The second-order valence-corrected chi connectivity index (χ2v) is 9.30. The molecule has 0 aliphatic heterocycles. The summed E-state index contributed by atoms with van der Waals surface area (Å²) in [5.74, 6) is -1.94. The minimum atomic E-state index is -6.44. The average molecular weight is 617 g/mol. The van der Waals surface area contributed by atoms with Crippen molar-refractivity contribution in [1.29, 1.82) is 10.5 Å². The van der Waals surface area contributed by atoms with Crippen molar-refractivity contribution >= 4 is 40.7 Å². The second kappa shape index (κ2) is 10.9. The van der Waals surface area contributed by atoms with Gasteiger partial charge in [-0.1, -0.05) is 35.3 Å². The lowest BCUT2D eigenvalue weighted by Crippen LogP contribution is -2.50. The molecule has 0 radical (unpaired) electrons. The van der Waals surface area contributed by atoms with Crippen molar-refractivity contribution in [2.45, 2.75) is 24.9 Å². The molecule has 15 heteroatoms. The Hall–Kier alpha value is -4.33. The molecular formula is C26H13Cl2F7N4O2. The highest BCUT2D eigenvalue weighted by atomic mass is 35.5. The Morgan fingerprint density at radius 1 is 0.829 bits per heavy atom. The molecule has 0 heterocycles. The molecule has 0 aliphatic rings. The molecule has 0 spiro atoms. The number of halogens is 9. The van der Waals surface area contributed by atoms with Gasteiger partial charge in [-0.3, -0.25) is 9.59 Å². The van der Waals surface area contributed by atoms with E-state index in [1.165, 1.54) is 18.2 Å². The van der Waals surface area contributed by atoms with Crippen molar-refractivity contribution in [2.24, 2.45) is 5.73 Å². The second-order valence-electron chi connectivity index (χ2n) is 8.48. The van der Waals surface area contributed by atoms with Gasteiger partial charge in [0.15, 0.2) is 0 Å². The summed E-state index contributed by atoms with van der Waals surface area (Å²) >= 11 is 11.7. The van der Waals surface area contributed by atoms with Crippen LogP contribution in [-0.4, -0.2) is 24.2 Å². The Labute approximate surface area is 236 Å². The van der Waals surface area contributed by atoms with Gasteiger partial charge in [-0.2, -0.15) is 36.9 Å². The van der Waals surface area contributed by atoms with Crippen LogP contribution in [0.4, 0.5) is 36.4 Å². The zero-order valence-electron chi connectivity index (χ0n) is 20.2. The van der Waals surface area contributed by atoms with Crippen molar-refractivity contribution in [3.05, 3.63) is 85.9 Å². The third-order valence-electron chi connectivity index (χ3n) is 5.92. The number of aryl methyl sites for hydroxylation is 1. The minimum absolute atomic E-state index is 0.0110. The van der Waals surface area contributed by atoms with Crippen LogP contribution in [0.25, 0.3) is 11.1 Å². The van der Waals surface area contributed by atoms with Crippen molar-refractivity contribution in [1.82, 2.24) is 0 Å². The van der Waals surface area contributed by atoms with Crippen LogP contribution in [-0.2, 0) is 5.67 Å². The summed E-state index contributed by atoms with van der Waals surface area (Å²) in [6, 6.07) is 10.1. The zero-order chi connectivity index (χ0) is 31.1. The van der Waals surface area contributed by atoms with E-state index in [1.54, 1.807) is 13.0 Å². The number of nitrogens with two attached hydrogens (primary N) is 1. The van der Waals surface area contributed by atoms with Crippen LogP contribution in [0.3, 0.4) is 0 Å². The maximum absolute atomic E-state index is 14.5. The molecule has 0 bridgehead atoms. The quantitative estimate of drug-likeness (QED) is 0.291. The molecule has 2 amide bonds. The summed E-state index contributed by atoms with van der Waals surface area (Å²) in [4.78, 5) is 24.9. The summed E-state index contributed by atoms with van der Waals surface area (Å²) in [5.41, 5.74) is -3.05. The number of benzene rings is 3. The van der Waals surface area contributed by atoms with Crippen molar-refractivity contribution in [3.8, 4) is 23.3 Å². The van der Waals surface area contributed by atoms with Gasteiger partial charge in [0.05, 0.1) is 38.5 Å². The van der Waals surface area contributed by atoms with Crippen molar-refractivity contribution < 1.29 is 40.3 Å². The summed E-state index contributed by atoms with van der Waals surface area (Å²) in [5, 5.41) is 19.3. The summed E-state index contributed by atoms with van der Waals surface area (Å²) in [6.45, 7) is 1.60. The predicted molar refractivity (Wildman–Crippen MR) is 134 cm³/mol. The highest BCUT2D eigenvalue weighted by Crippen LogP contribution is 2.54. The van der Waals surface area contributed by atoms with Gasteiger partial charge < -0.3 is 11.1 Å². The van der Waals surface area contributed by atoms with E-state index in [0.29, 0.717) is 5.56 Å². The van der Waals surface area contributed by atoms with Crippen LogP contribution < -0.4 is 11.1 Å². The first-order chi connectivity index (χ1) is 18.9. The van der Waals surface area contributed by atoms with E-state index < -0.39 is 56.7 Å². The molecule has 3 aromatic rings. The average Bonchev–Trinajstić information content (AvgIpc) is 2.87. The number of hydrogen-bond acceptors (Lipinski definition) is 4. The number of amides is 2. The number of carbonyl (C=O) groups excluding carboxylic acids is 2. The largest absolute Gasteiger partial charge is 0.435 e. The van der Waals surface area contributed by atoms with Gasteiger partial charge in [-0.15, -0.1) is 0 Å². The number of anilines is 1. The van der Waals surface area contributed by atoms with Crippen LogP contribution in [0.5, 0.6) is 0 Å². The lowest BCUT2D eigenvalue weighted by molar-refractivity contribution is -0.348. The fourth-order valence-corrected chi connectivity index (χ4v) is 4.41. The van der Waals surface area contributed by atoms with Gasteiger partial charge in [0.25, 0.3) is 5.91 Å². The molecule has 0 saturated heterocycles. The Bertz CT molecular complexity index is 1640. The van der Waals surface area contributed by atoms with Gasteiger partial charge in [-0.05, 0) is 48.4 Å². The Morgan fingerprint density at radius 3 is 1.83 bits per heavy atom. The van der Waals surface area contributed by atoms with E-state index in [1.807, 2.05) is 6.07 Å². The first-order valence-electron chi connectivity index (χ1n) is 10.9. The van der Waals surface area contributed by atoms with Crippen LogP contribution in [0.15, 0.2) is 42.5 Å². The lowest BCUT2D eigenvalue weighted by Gasteiger charge is -2.30. The number of nitriles is 2. The number of primary amides is 1. The molecule has 3 rings (SSSR count). The van der Waals surface area contributed by atoms with Gasteiger partial charge in [-0.25, -0.2) is 4.39 Å². The first kappa shape index (κ1) is 31.2. The van der Waals surface area contributed by atoms with Gasteiger partial charge in [0.2, 0.25) is 5.91 Å². The maximum Gasteiger partial charge on any atom is 0.435 e. The zero-order valence-corrected chi connectivity index (χ0v) is 21.7. The van der Waals surface area contributed by atoms with Gasteiger partial charge in [0, 0.05) is 16.7 Å². The minimum Gasteiger partial charge on any atom is -0.366 e. The van der Waals surface area contributed by atoms with Crippen LogP contribution in [0.2, 0.25) is 10.0 Å². The van der Waals surface area contributed by atoms with Gasteiger partial charge >= 0.3 is 18.0 Å². The highest BCUT2D eigenvalue weighted by Gasteiger charge is 2.73. The number of carbonyl (C=O) groups is 2. The maximum atomic E-state index is 14.5. The molecule has 6 nitrogen and oxygen atoms in total. The molecule has 0 atom stereocenters. The summed E-state index contributed by atoms with van der Waals surface area (Å²) < 4.78 is 93.5. The number of nitrogens with zero attached hydrogens (tertiary/aromatic N) is 2. The van der Waals surface area contributed by atoms with Crippen molar-refractivity contribution in [2.75, 3.05) is 5.32 Å². The highest BCUT2D eigenvalue weighted by molar-refractivity contribution is 6.40. The number of alkyl halides is 7. The topological polar surface area (TPSA) is 120 Å². The molecule has 3 aromatic carbocycles. The molecule has 0 saturated carbocycles. The standard InChI is InChI=1S/C26H13Cl2F7N4O2/c1-11-2-3-12(5-16(11)22(38)40)17-8-18(14(10-37)4-13(17)9-36)23(41)39-21-19(27)6-15(7-20(21)28)24(29,25(30,31)32)26(33,34)35/h2-8H,1H3,(H2,38,40)(H,39,41). The van der Waals surface area contributed by atoms with Gasteiger partial charge in [0.1, 0.15) is 6.07 Å². The lowest BCUT2D eigenvalue weighted by atomic mass is 9.92. The number of hydrogen-bond donors (Lipinski definition) is 2. The van der Waals surface area contributed by atoms with E-state index in [0.717, 1.165) is 12.1 Å². The molecule has 0 unspecified atom stereocenters. The van der Waals surface area contributed by atoms with Crippen LogP contribution >= 0.6 is 23.2 Å².